The van der Waals surface area contributed by atoms with Crippen LogP contribution in [0.15, 0.2) is 57.8 Å². The average Bonchev–Trinajstić information content (AvgIpc) is 3.03. The van der Waals surface area contributed by atoms with E-state index in [4.69, 9.17) is 4.42 Å². The van der Waals surface area contributed by atoms with Crippen LogP contribution in [-0.4, -0.2) is 30.3 Å². The molecule has 7 nitrogen and oxygen atoms in total. The number of rotatable bonds is 5. The molecule has 1 heterocycles. The fourth-order valence-corrected chi connectivity index (χ4v) is 3.38. The zero-order valence-corrected chi connectivity index (χ0v) is 15.1. The van der Waals surface area contributed by atoms with E-state index in [-0.39, 0.29) is 16.8 Å². The van der Waals surface area contributed by atoms with E-state index >= 15 is 0 Å². The lowest BCUT2D eigenvalue weighted by Crippen LogP contribution is -2.23. The molecule has 8 heteroatoms. The number of anilines is 1. The average molecular weight is 371 g/mol. The molecular weight excluding hydrogens is 354 g/mol. The number of aromatic nitrogens is 2. The Bertz CT molecular complexity index is 1020. The van der Waals surface area contributed by atoms with Gasteiger partial charge in [-0.1, -0.05) is 40.5 Å². The first-order valence-corrected chi connectivity index (χ1v) is 9.48. The normalized spacial score (nSPS) is 11.3. The highest BCUT2D eigenvalue weighted by molar-refractivity contribution is 7.92. The molecule has 1 amide bonds. The second-order valence-corrected chi connectivity index (χ2v) is 7.89. The first-order chi connectivity index (χ1) is 12.3. The minimum Gasteiger partial charge on any atom is -0.403 e. The van der Waals surface area contributed by atoms with Crippen molar-refractivity contribution in [3.8, 4) is 11.5 Å². The van der Waals surface area contributed by atoms with Crippen molar-refractivity contribution in [1.29, 1.82) is 0 Å². The van der Waals surface area contributed by atoms with E-state index in [9.17, 15) is 13.2 Å². The zero-order valence-electron chi connectivity index (χ0n) is 14.3. The Morgan fingerprint density at radius 1 is 0.962 bits per heavy atom. The van der Waals surface area contributed by atoms with Crippen molar-refractivity contribution < 1.29 is 17.6 Å². The number of hydrogen-bond donors (Lipinski definition) is 1. The topological polar surface area (TPSA) is 102 Å². The molecule has 3 aromatic rings. The smallest absolute Gasteiger partial charge is 0.322 e. The lowest BCUT2D eigenvalue weighted by Gasteiger charge is -2.04. The van der Waals surface area contributed by atoms with E-state index in [0.29, 0.717) is 5.56 Å². The highest BCUT2D eigenvalue weighted by Gasteiger charge is 2.21. The van der Waals surface area contributed by atoms with Gasteiger partial charge in [-0.3, -0.25) is 10.1 Å². The van der Waals surface area contributed by atoms with Crippen LogP contribution in [0.3, 0.4) is 0 Å². The number of hydrogen-bond acceptors (Lipinski definition) is 6. The highest BCUT2D eigenvalue weighted by Crippen LogP contribution is 2.20. The molecule has 0 saturated carbocycles. The van der Waals surface area contributed by atoms with Gasteiger partial charge in [-0.25, -0.2) is 8.42 Å². The quantitative estimate of drug-likeness (QED) is 0.740. The summed E-state index contributed by atoms with van der Waals surface area (Å²) in [7, 11) is -3.75. The summed E-state index contributed by atoms with van der Waals surface area (Å²) >= 11 is 0. The highest BCUT2D eigenvalue weighted by atomic mass is 32.2. The Hall–Kier alpha value is -3.00. The summed E-state index contributed by atoms with van der Waals surface area (Å²) in [5, 5.41) is 9.90. The number of aryl methyl sites for hydroxylation is 2. The van der Waals surface area contributed by atoms with Gasteiger partial charge in [0.1, 0.15) is 5.75 Å². The van der Waals surface area contributed by atoms with Gasteiger partial charge in [0.15, 0.2) is 9.84 Å². The number of amides is 1. The molecule has 0 spiro atoms. The van der Waals surface area contributed by atoms with Gasteiger partial charge in [0.25, 0.3) is 0 Å². The molecule has 1 aromatic heterocycles. The van der Waals surface area contributed by atoms with E-state index in [0.717, 1.165) is 11.1 Å². The van der Waals surface area contributed by atoms with Crippen molar-refractivity contribution >= 4 is 21.8 Å². The molecule has 0 atom stereocenters. The molecule has 0 radical (unpaired) electrons. The number of nitrogens with one attached hydrogen (secondary N) is 1. The van der Waals surface area contributed by atoms with Crippen LogP contribution in [0.4, 0.5) is 6.01 Å². The minimum atomic E-state index is -3.75. The molecule has 0 saturated heterocycles. The lowest BCUT2D eigenvalue weighted by molar-refractivity contribution is -0.114. The van der Waals surface area contributed by atoms with E-state index in [1.54, 1.807) is 12.1 Å². The molecule has 0 aliphatic heterocycles. The first-order valence-electron chi connectivity index (χ1n) is 7.83. The van der Waals surface area contributed by atoms with Crippen molar-refractivity contribution in [3.05, 3.63) is 59.7 Å². The Labute approximate surface area is 151 Å². The fourth-order valence-electron chi connectivity index (χ4n) is 2.24. The van der Waals surface area contributed by atoms with Gasteiger partial charge in [-0.05, 0) is 38.1 Å². The van der Waals surface area contributed by atoms with Gasteiger partial charge in [-0.2, -0.15) is 0 Å². The summed E-state index contributed by atoms with van der Waals surface area (Å²) < 4.78 is 29.9. The van der Waals surface area contributed by atoms with Gasteiger partial charge >= 0.3 is 6.01 Å². The fraction of sp³-hybridized carbons (Fsp3) is 0.167. The first kappa shape index (κ1) is 17.8. The standard InChI is InChI=1S/C18H17N3O4S/c1-12-3-7-14(8-4-12)17-20-21-18(25-17)19-16(22)11-26(23,24)15-9-5-13(2)6-10-15/h3-10H,11H2,1-2H3,(H,19,21,22). The van der Waals surface area contributed by atoms with E-state index in [1.165, 1.54) is 12.1 Å². The Morgan fingerprint density at radius 2 is 1.54 bits per heavy atom. The summed E-state index contributed by atoms with van der Waals surface area (Å²) in [5.74, 6) is -1.22. The lowest BCUT2D eigenvalue weighted by atomic mass is 10.1. The number of benzene rings is 2. The Kier molecular flexibility index (Phi) is 4.85. The molecule has 1 N–H and O–H groups in total. The Morgan fingerprint density at radius 3 is 2.15 bits per heavy atom. The molecule has 0 bridgehead atoms. The van der Waals surface area contributed by atoms with Crippen molar-refractivity contribution in [2.24, 2.45) is 0 Å². The predicted octanol–water partition coefficient (Wildman–Crippen LogP) is 2.77. The molecule has 2 aromatic carbocycles. The molecular formula is C18H17N3O4S. The van der Waals surface area contributed by atoms with Gasteiger partial charge < -0.3 is 4.42 Å². The SMILES string of the molecule is Cc1ccc(-c2nnc(NC(=O)CS(=O)(=O)c3ccc(C)cc3)o2)cc1. The third kappa shape index (κ3) is 4.15. The van der Waals surface area contributed by atoms with Crippen molar-refractivity contribution in [1.82, 2.24) is 10.2 Å². The van der Waals surface area contributed by atoms with E-state index in [1.807, 2.05) is 38.1 Å². The minimum absolute atomic E-state index is 0.0872. The summed E-state index contributed by atoms with van der Waals surface area (Å²) in [6.07, 6.45) is 0. The van der Waals surface area contributed by atoms with Crippen LogP contribution in [0.1, 0.15) is 11.1 Å². The molecule has 0 aliphatic rings. The summed E-state index contributed by atoms with van der Waals surface area (Å²) in [6, 6.07) is 13.6. The number of carbonyl (C=O) groups is 1. The maximum Gasteiger partial charge on any atom is 0.322 e. The second kappa shape index (κ2) is 7.09. The van der Waals surface area contributed by atoms with Gasteiger partial charge in [0.2, 0.25) is 11.8 Å². The van der Waals surface area contributed by atoms with Crippen molar-refractivity contribution in [3.63, 3.8) is 0 Å². The molecule has 0 aliphatic carbocycles. The second-order valence-electron chi connectivity index (χ2n) is 5.90. The Balaban J connectivity index is 1.68. The van der Waals surface area contributed by atoms with E-state index < -0.39 is 21.5 Å². The van der Waals surface area contributed by atoms with Crippen LogP contribution in [0.2, 0.25) is 0 Å². The van der Waals surface area contributed by atoms with Gasteiger partial charge in [0, 0.05) is 5.56 Å². The third-order valence-electron chi connectivity index (χ3n) is 3.67. The molecule has 134 valence electrons. The summed E-state index contributed by atoms with van der Waals surface area (Å²) in [5.41, 5.74) is 2.72. The number of nitrogens with zero attached hydrogens (tertiary/aromatic N) is 2. The summed E-state index contributed by atoms with van der Waals surface area (Å²) in [4.78, 5) is 12.1. The van der Waals surface area contributed by atoms with Crippen LogP contribution >= 0.6 is 0 Å². The number of carbonyl (C=O) groups excluding carboxylic acids is 1. The molecule has 0 unspecified atom stereocenters. The molecule has 26 heavy (non-hydrogen) atoms. The van der Waals surface area contributed by atoms with Crippen molar-refractivity contribution in [2.75, 3.05) is 11.1 Å². The maximum absolute atomic E-state index is 12.3. The molecule has 0 fully saturated rings. The third-order valence-corrected chi connectivity index (χ3v) is 5.30. The van der Waals surface area contributed by atoms with Gasteiger partial charge in [-0.15, -0.1) is 5.10 Å². The van der Waals surface area contributed by atoms with E-state index in [2.05, 4.69) is 15.5 Å². The summed E-state index contributed by atoms with van der Waals surface area (Å²) in [6.45, 7) is 3.81. The van der Waals surface area contributed by atoms with Crippen LogP contribution in [0.25, 0.3) is 11.5 Å². The van der Waals surface area contributed by atoms with Crippen LogP contribution in [-0.2, 0) is 14.6 Å². The van der Waals surface area contributed by atoms with Gasteiger partial charge in [0.05, 0.1) is 4.90 Å². The van der Waals surface area contributed by atoms with Crippen molar-refractivity contribution in [2.45, 2.75) is 18.7 Å². The maximum atomic E-state index is 12.3. The zero-order chi connectivity index (χ0) is 18.7. The van der Waals surface area contributed by atoms with Crippen LogP contribution in [0.5, 0.6) is 0 Å². The molecule has 3 rings (SSSR count). The number of sulfone groups is 1. The van der Waals surface area contributed by atoms with Crippen LogP contribution < -0.4 is 5.32 Å². The monoisotopic (exact) mass is 371 g/mol. The predicted molar refractivity (Wildman–Crippen MR) is 96.3 cm³/mol. The van der Waals surface area contributed by atoms with Crippen LogP contribution in [0, 0.1) is 13.8 Å². The largest absolute Gasteiger partial charge is 0.403 e.